The number of carbonyl (C=O) groups excluding carboxylic acids is 1. The number of ether oxygens (including phenoxy) is 1. The summed E-state index contributed by atoms with van der Waals surface area (Å²) in [4.78, 5) is 37.7. The molecule has 2 atom stereocenters. The Morgan fingerprint density at radius 1 is 1.24 bits per heavy atom. The third-order valence-electron chi connectivity index (χ3n) is 7.41. The summed E-state index contributed by atoms with van der Waals surface area (Å²) in [6.45, 7) is 10.6. The summed E-state index contributed by atoms with van der Waals surface area (Å²) in [5.74, 6) is 2.15. The smallest absolute Gasteiger partial charge is 0.226 e. The number of aldehydes is 1. The Morgan fingerprint density at radius 3 is 2.51 bits per heavy atom. The van der Waals surface area contributed by atoms with Gasteiger partial charge in [-0.3, -0.25) is 19.0 Å². The minimum atomic E-state index is -1.11. The number of nitrogens with zero attached hydrogens (tertiary/aromatic N) is 6. The van der Waals surface area contributed by atoms with Crippen LogP contribution in [0, 0.1) is 5.92 Å². The summed E-state index contributed by atoms with van der Waals surface area (Å²) in [6, 6.07) is 3.74. The Balaban J connectivity index is 1.69. The predicted molar refractivity (Wildman–Crippen MR) is 162 cm³/mol. The van der Waals surface area contributed by atoms with Crippen molar-refractivity contribution >= 4 is 34.5 Å². The van der Waals surface area contributed by atoms with Crippen molar-refractivity contribution in [1.29, 1.82) is 0 Å². The zero-order valence-electron chi connectivity index (χ0n) is 24.7. The second kappa shape index (κ2) is 13.3. The van der Waals surface area contributed by atoms with Crippen molar-refractivity contribution in [3.63, 3.8) is 0 Å². The van der Waals surface area contributed by atoms with E-state index in [1.165, 1.54) is 19.2 Å². The van der Waals surface area contributed by atoms with Gasteiger partial charge in [0.15, 0.2) is 18.0 Å². The van der Waals surface area contributed by atoms with Gasteiger partial charge in [-0.15, -0.1) is 0 Å². The normalized spacial score (nSPS) is 16.9. The molecule has 2 unspecified atom stereocenters. The Hall–Kier alpha value is -3.73. The summed E-state index contributed by atoms with van der Waals surface area (Å²) in [5.41, 5.74) is 4.35. The van der Waals surface area contributed by atoms with Gasteiger partial charge in [-0.2, -0.15) is 0 Å². The summed E-state index contributed by atoms with van der Waals surface area (Å²) >= 11 is 0. The first-order chi connectivity index (χ1) is 19.6. The number of carbonyl (C=O) groups is 1. The molecule has 11 heteroatoms. The van der Waals surface area contributed by atoms with Crippen LogP contribution in [0.15, 0.2) is 57.4 Å². The first-order valence-electron chi connectivity index (χ1n) is 13.8. The fourth-order valence-electron chi connectivity index (χ4n) is 4.54. The van der Waals surface area contributed by atoms with E-state index in [0.717, 1.165) is 24.1 Å². The van der Waals surface area contributed by atoms with Gasteiger partial charge < -0.3 is 15.0 Å². The van der Waals surface area contributed by atoms with Crippen LogP contribution < -0.4 is 10.1 Å². The Kier molecular flexibility index (Phi) is 9.80. The van der Waals surface area contributed by atoms with Gasteiger partial charge in [0, 0.05) is 31.5 Å². The van der Waals surface area contributed by atoms with Gasteiger partial charge in [-0.1, -0.05) is 6.58 Å². The van der Waals surface area contributed by atoms with Crippen LogP contribution in [-0.4, -0.2) is 68.5 Å². The van der Waals surface area contributed by atoms with Crippen LogP contribution in [0.25, 0.3) is 5.70 Å². The number of likely N-dealkylation sites (N-methyl/N-ethyl adjacent to an activating group) is 1. The van der Waals surface area contributed by atoms with Crippen LogP contribution >= 0.6 is 0 Å². The van der Waals surface area contributed by atoms with Gasteiger partial charge >= 0.3 is 0 Å². The quantitative estimate of drug-likeness (QED) is 0.225. The van der Waals surface area contributed by atoms with E-state index in [-0.39, 0.29) is 18.4 Å². The Bertz CT molecular complexity index is 1410. The van der Waals surface area contributed by atoms with Crippen molar-refractivity contribution in [2.75, 3.05) is 20.4 Å². The van der Waals surface area contributed by atoms with Gasteiger partial charge in [0.05, 0.1) is 57.7 Å². The van der Waals surface area contributed by atoms with Crippen LogP contribution in [0.2, 0.25) is 0 Å². The topological polar surface area (TPSA) is 122 Å². The van der Waals surface area contributed by atoms with E-state index < -0.39 is 10.8 Å². The fraction of sp³-hybridized carbons (Fsp3) is 0.467. The highest BCUT2D eigenvalue weighted by molar-refractivity contribution is 7.84. The average Bonchev–Trinajstić information content (AvgIpc) is 3.89. The third-order valence-corrected chi connectivity index (χ3v) is 8.31. The van der Waals surface area contributed by atoms with Gasteiger partial charge in [0.2, 0.25) is 5.88 Å². The van der Waals surface area contributed by atoms with Crippen LogP contribution in [-0.2, 0) is 22.1 Å². The van der Waals surface area contributed by atoms with E-state index in [2.05, 4.69) is 43.7 Å². The molecule has 10 nitrogen and oxygen atoms in total. The van der Waals surface area contributed by atoms with E-state index in [4.69, 9.17) is 9.73 Å². The highest BCUT2D eigenvalue weighted by Gasteiger charge is 2.34. The maximum absolute atomic E-state index is 12.1. The highest BCUT2D eigenvalue weighted by Crippen LogP contribution is 2.44. The summed E-state index contributed by atoms with van der Waals surface area (Å²) in [6.07, 6.45) is 9.84. The number of aromatic nitrogens is 3. The van der Waals surface area contributed by atoms with Crippen molar-refractivity contribution in [2.24, 2.45) is 15.9 Å². The first kappa shape index (κ1) is 30.2. The van der Waals surface area contributed by atoms with Crippen molar-refractivity contribution in [1.82, 2.24) is 25.2 Å². The third kappa shape index (κ3) is 7.52. The van der Waals surface area contributed by atoms with Gasteiger partial charge in [-0.05, 0) is 70.1 Å². The Labute approximate surface area is 244 Å². The number of pyridine rings is 1. The second-order valence-electron chi connectivity index (χ2n) is 10.7. The summed E-state index contributed by atoms with van der Waals surface area (Å²) in [5, 5.41) is 3.24. The monoisotopic (exact) mass is 577 g/mol. The zero-order chi connectivity index (χ0) is 29.7. The lowest BCUT2D eigenvalue weighted by molar-refractivity contribution is -0.102. The lowest BCUT2D eigenvalue weighted by atomic mass is 10.1. The van der Waals surface area contributed by atoms with Crippen LogP contribution in [0.4, 0.5) is 0 Å². The molecule has 0 amide bonds. The highest BCUT2D eigenvalue weighted by atomic mass is 32.2. The second-order valence-corrected chi connectivity index (χ2v) is 12.1. The molecule has 0 radical (unpaired) electrons. The minimum absolute atomic E-state index is 0.149. The molecule has 2 aliphatic carbocycles. The molecule has 41 heavy (non-hydrogen) atoms. The largest absolute Gasteiger partial charge is 0.480 e. The molecule has 0 aromatic carbocycles. The fourth-order valence-corrected chi connectivity index (χ4v) is 5.00. The molecule has 2 saturated carbocycles. The number of hydrogen-bond donors (Lipinski definition) is 1. The number of hydrogen-bond acceptors (Lipinski definition) is 8. The van der Waals surface area contributed by atoms with Crippen LogP contribution in [0.1, 0.15) is 69.3 Å². The summed E-state index contributed by atoms with van der Waals surface area (Å²) < 4.78 is 17.3. The van der Waals surface area contributed by atoms with E-state index >= 15 is 0 Å². The maximum atomic E-state index is 12.1. The van der Waals surface area contributed by atoms with Gasteiger partial charge in [0.25, 0.3) is 0 Å². The van der Waals surface area contributed by atoms with Crippen molar-refractivity contribution < 1.29 is 13.7 Å². The number of amidine groups is 2. The zero-order valence-corrected chi connectivity index (χ0v) is 25.5. The molecule has 218 valence electrons. The number of rotatable bonds is 12. The molecule has 2 aliphatic rings. The molecule has 0 saturated heterocycles. The lowest BCUT2D eigenvalue weighted by Gasteiger charge is -2.31. The molecule has 0 bridgehead atoms. The van der Waals surface area contributed by atoms with E-state index in [1.54, 1.807) is 31.7 Å². The van der Waals surface area contributed by atoms with Crippen molar-refractivity contribution in [3.05, 3.63) is 59.5 Å². The molecular weight excluding hydrogens is 538 g/mol. The van der Waals surface area contributed by atoms with Crippen molar-refractivity contribution in [2.45, 2.75) is 69.9 Å². The molecule has 1 N–H and O–H groups in total. The molecule has 2 fully saturated rings. The van der Waals surface area contributed by atoms with E-state index in [9.17, 15) is 9.00 Å². The van der Waals surface area contributed by atoms with Crippen LogP contribution in [0.3, 0.4) is 0 Å². The van der Waals surface area contributed by atoms with Gasteiger partial charge in [-0.25, -0.2) is 15.0 Å². The lowest BCUT2D eigenvalue weighted by Crippen LogP contribution is -2.42. The molecule has 4 rings (SSSR count). The number of allylic oxidation sites excluding steroid dienone is 1. The van der Waals surface area contributed by atoms with Crippen molar-refractivity contribution in [3.8, 4) is 5.88 Å². The average molecular weight is 578 g/mol. The Morgan fingerprint density at radius 2 is 1.98 bits per heavy atom. The number of nitrogens with one attached hydrogen (secondary N) is 1. The van der Waals surface area contributed by atoms with E-state index in [0.29, 0.717) is 57.4 Å². The summed E-state index contributed by atoms with van der Waals surface area (Å²) in [7, 11) is 2.49. The van der Waals surface area contributed by atoms with Crippen LogP contribution in [0.5, 0.6) is 5.88 Å². The predicted octanol–water partition coefficient (Wildman–Crippen LogP) is 4.28. The molecule has 0 spiro atoms. The van der Waals surface area contributed by atoms with E-state index in [1.807, 2.05) is 20.9 Å². The SMILES string of the molecule is C=C(N=C(C(NC(C=O)=NCc1ccc(S(C)=O)cn1)=C(C)C)N(C)C(C)C1CC1)c1c(OC)ncnc1C1CC1. The number of aliphatic imine (C=N–C) groups is 2. The molecule has 2 aromatic rings. The number of methoxy groups -OCH3 is 1. The first-order valence-corrected chi connectivity index (χ1v) is 15.3. The molecule has 2 heterocycles. The molecule has 2 aromatic heterocycles. The molecular formula is C30H39N7O3S. The van der Waals surface area contributed by atoms with Gasteiger partial charge in [0.1, 0.15) is 6.33 Å². The maximum Gasteiger partial charge on any atom is 0.226 e. The molecule has 0 aliphatic heterocycles. The minimum Gasteiger partial charge on any atom is -0.480 e. The standard InChI is InChI=1S/C30H39N7O3S/c1-18(2)27(36-25(16-38)32-14-23-12-13-24(15-31-23)41(7)39)29(37(5)20(4)21-8-9-21)35-19(3)26-28(22-10-11-22)33-17-34-30(26)40-6/h12-13,15-17,20-22H,3,8-11,14H2,1-2,4-7H3,(H,32,36).